The molecule has 1 aliphatic rings. The summed E-state index contributed by atoms with van der Waals surface area (Å²) in [6.45, 7) is 0. The summed E-state index contributed by atoms with van der Waals surface area (Å²) in [5, 5.41) is 13.5. The SMILES string of the molecule is COc1ccccc1N=C1C(=O)Nc2ccc([N+](=O)[O-])cc21. The lowest BCUT2D eigenvalue weighted by Gasteiger charge is -2.04. The van der Waals surface area contributed by atoms with Crippen LogP contribution in [0.1, 0.15) is 5.56 Å². The largest absolute Gasteiger partial charge is 0.494 e. The van der Waals surface area contributed by atoms with Gasteiger partial charge in [-0.3, -0.25) is 14.9 Å². The number of benzene rings is 2. The predicted octanol–water partition coefficient (Wildman–Crippen LogP) is 2.68. The Morgan fingerprint density at radius 3 is 2.73 bits per heavy atom. The Bertz CT molecular complexity index is 814. The van der Waals surface area contributed by atoms with Crippen LogP contribution in [0.2, 0.25) is 0 Å². The Labute approximate surface area is 125 Å². The van der Waals surface area contributed by atoms with Gasteiger partial charge in [-0.25, -0.2) is 4.99 Å². The maximum absolute atomic E-state index is 12.1. The van der Waals surface area contributed by atoms with Crippen molar-refractivity contribution in [2.24, 2.45) is 4.99 Å². The van der Waals surface area contributed by atoms with Gasteiger partial charge < -0.3 is 10.1 Å². The molecule has 0 bridgehead atoms. The van der Waals surface area contributed by atoms with Crippen molar-refractivity contribution in [1.82, 2.24) is 0 Å². The number of methoxy groups -OCH3 is 1. The van der Waals surface area contributed by atoms with Gasteiger partial charge in [0.2, 0.25) is 0 Å². The number of hydrogen-bond acceptors (Lipinski definition) is 5. The highest BCUT2D eigenvalue weighted by molar-refractivity contribution is 6.54. The van der Waals surface area contributed by atoms with Crippen molar-refractivity contribution in [1.29, 1.82) is 0 Å². The van der Waals surface area contributed by atoms with Crippen LogP contribution in [0.15, 0.2) is 47.5 Å². The van der Waals surface area contributed by atoms with E-state index in [9.17, 15) is 14.9 Å². The van der Waals surface area contributed by atoms with Gasteiger partial charge in [0.15, 0.2) is 0 Å². The Morgan fingerprint density at radius 1 is 1.23 bits per heavy atom. The number of non-ortho nitro benzene ring substituents is 1. The minimum Gasteiger partial charge on any atom is -0.494 e. The molecule has 3 rings (SSSR count). The lowest BCUT2D eigenvalue weighted by molar-refractivity contribution is -0.384. The van der Waals surface area contributed by atoms with Crippen LogP contribution < -0.4 is 10.1 Å². The number of fused-ring (bicyclic) bond motifs is 1. The lowest BCUT2D eigenvalue weighted by Crippen LogP contribution is -2.14. The van der Waals surface area contributed by atoms with E-state index in [1.807, 2.05) is 0 Å². The van der Waals surface area contributed by atoms with Gasteiger partial charge in [-0.15, -0.1) is 0 Å². The Balaban J connectivity index is 2.13. The third-order valence-corrected chi connectivity index (χ3v) is 3.25. The molecule has 1 aliphatic heterocycles. The molecule has 0 fully saturated rings. The molecule has 2 aromatic carbocycles. The number of carbonyl (C=O) groups is 1. The number of ether oxygens (including phenoxy) is 1. The van der Waals surface area contributed by atoms with E-state index in [1.54, 1.807) is 24.3 Å². The number of rotatable bonds is 3. The summed E-state index contributed by atoms with van der Waals surface area (Å²) < 4.78 is 5.19. The molecule has 7 nitrogen and oxygen atoms in total. The molecule has 22 heavy (non-hydrogen) atoms. The molecule has 1 heterocycles. The number of amides is 1. The van der Waals surface area contributed by atoms with E-state index in [0.717, 1.165) is 0 Å². The second-order valence-electron chi connectivity index (χ2n) is 4.57. The van der Waals surface area contributed by atoms with Gasteiger partial charge >= 0.3 is 0 Å². The molecule has 2 aromatic rings. The van der Waals surface area contributed by atoms with Gasteiger partial charge in [0, 0.05) is 17.7 Å². The van der Waals surface area contributed by atoms with Crippen molar-refractivity contribution in [2.75, 3.05) is 12.4 Å². The van der Waals surface area contributed by atoms with Crippen LogP contribution in [0.3, 0.4) is 0 Å². The Kier molecular flexibility index (Phi) is 3.30. The second-order valence-corrected chi connectivity index (χ2v) is 4.57. The molecule has 0 aromatic heterocycles. The molecule has 7 heteroatoms. The summed E-state index contributed by atoms with van der Waals surface area (Å²) >= 11 is 0. The van der Waals surface area contributed by atoms with E-state index < -0.39 is 10.8 Å². The minimum atomic E-state index is -0.510. The monoisotopic (exact) mass is 297 g/mol. The molecule has 0 aliphatic carbocycles. The van der Waals surface area contributed by atoms with Crippen molar-refractivity contribution in [2.45, 2.75) is 0 Å². The van der Waals surface area contributed by atoms with Crippen LogP contribution in [-0.2, 0) is 4.79 Å². The quantitative estimate of drug-likeness (QED) is 0.696. The van der Waals surface area contributed by atoms with Crippen LogP contribution in [-0.4, -0.2) is 23.7 Å². The van der Waals surface area contributed by atoms with Gasteiger partial charge in [0.1, 0.15) is 17.1 Å². The number of carbonyl (C=O) groups excluding carboxylic acids is 1. The average Bonchev–Trinajstić information content (AvgIpc) is 2.83. The molecule has 1 amide bonds. The molecule has 110 valence electrons. The number of aliphatic imine (C=N–C) groups is 1. The van der Waals surface area contributed by atoms with E-state index in [1.165, 1.54) is 25.3 Å². The van der Waals surface area contributed by atoms with Crippen molar-refractivity contribution in [3.8, 4) is 5.75 Å². The van der Waals surface area contributed by atoms with Crippen LogP contribution in [0.4, 0.5) is 17.1 Å². The minimum absolute atomic E-state index is 0.0945. The fraction of sp³-hybridized carbons (Fsp3) is 0.0667. The number of nitrogens with one attached hydrogen (secondary N) is 1. The molecule has 0 unspecified atom stereocenters. The van der Waals surface area contributed by atoms with Crippen molar-refractivity contribution in [3.05, 3.63) is 58.1 Å². The van der Waals surface area contributed by atoms with E-state index >= 15 is 0 Å². The zero-order valence-corrected chi connectivity index (χ0v) is 11.6. The van der Waals surface area contributed by atoms with Gasteiger partial charge in [-0.1, -0.05) is 12.1 Å². The fourth-order valence-corrected chi connectivity index (χ4v) is 2.21. The first-order valence-corrected chi connectivity index (χ1v) is 6.42. The van der Waals surface area contributed by atoms with Gasteiger partial charge in [0.25, 0.3) is 11.6 Å². The summed E-state index contributed by atoms with van der Waals surface area (Å²) in [7, 11) is 1.51. The van der Waals surface area contributed by atoms with E-state index in [2.05, 4.69) is 10.3 Å². The van der Waals surface area contributed by atoms with Crippen LogP contribution in [0.25, 0.3) is 0 Å². The number of nitro groups is 1. The standard InChI is InChI=1S/C15H11N3O4/c1-22-13-5-3-2-4-12(13)16-14-10-8-9(18(20)21)6-7-11(10)17-15(14)19/h2-8H,1H3,(H,16,17,19). The van der Waals surface area contributed by atoms with Gasteiger partial charge in [0.05, 0.1) is 17.7 Å². The maximum atomic E-state index is 12.1. The van der Waals surface area contributed by atoms with Crippen molar-refractivity contribution < 1.29 is 14.5 Å². The second kappa shape index (κ2) is 5.28. The first-order valence-electron chi connectivity index (χ1n) is 6.42. The summed E-state index contributed by atoms with van der Waals surface area (Å²) in [5.74, 6) is 0.114. The molecule has 0 saturated heterocycles. The molecular formula is C15H11N3O4. The summed E-state index contributed by atoms with van der Waals surface area (Å²) in [6, 6.07) is 11.1. The number of para-hydroxylation sites is 2. The summed E-state index contributed by atoms with van der Waals surface area (Å²) in [6.07, 6.45) is 0. The smallest absolute Gasteiger partial charge is 0.275 e. The average molecular weight is 297 g/mol. The fourth-order valence-electron chi connectivity index (χ4n) is 2.21. The van der Waals surface area contributed by atoms with Crippen molar-refractivity contribution >= 4 is 28.7 Å². The zero-order valence-electron chi connectivity index (χ0n) is 11.6. The predicted molar refractivity (Wildman–Crippen MR) is 80.9 cm³/mol. The van der Waals surface area contributed by atoms with Crippen molar-refractivity contribution in [3.63, 3.8) is 0 Å². The number of nitrogens with zero attached hydrogens (tertiary/aromatic N) is 2. The van der Waals surface area contributed by atoms with E-state index in [-0.39, 0.29) is 11.4 Å². The van der Waals surface area contributed by atoms with Gasteiger partial charge in [-0.2, -0.15) is 0 Å². The normalized spacial score (nSPS) is 14.6. The van der Waals surface area contributed by atoms with Crippen LogP contribution in [0, 0.1) is 10.1 Å². The maximum Gasteiger partial charge on any atom is 0.275 e. The highest BCUT2D eigenvalue weighted by Crippen LogP contribution is 2.32. The Morgan fingerprint density at radius 2 is 2.00 bits per heavy atom. The van der Waals surface area contributed by atoms with E-state index in [0.29, 0.717) is 22.7 Å². The third-order valence-electron chi connectivity index (χ3n) is 3.25. The number of hydrogen-bond donors (Lipinski definition) is 1. The zero-order chi connectivity index (χ0) is 15.7. The summed E-state index contributed by atoms with van der Waals surface area (Å²) in [5.41, 5.74) is 1.43. The molecule has 0 radical (unpaired) electrons. The topological polar surface area (TPSA) is 93.8 Å². The number of anilines is 1. The number of nitro benzene ring substituents is 1. The van der Waals surface area contributed by atoms with Crippen LogP contribution in [0.5, 0.6) is 5.75 Å². The third kappa shape index (κ3) is 2.28. The molecule has 0 saturated carbocycles. The molecule has 1 N–H and O–H groups in total. The highest BCUT2D eigenvalue weighted by atomic mass is 16.6. The summed E-state index contributed by atoms with van der Waals surface area (Å²) in [4.78, 5) is 26.8. The molecular weight excluding hydrogens is 286 g/mol. The lowest BCUT2D eigenvalue weighted by atomic mass is 10.1. The van der Waals surface area contributed by atoms with E-state index in [4.69, 9.17) is 4.74 Å². The Hall–Kier alpha value is -3.22. The van der Waals surface area contributed by atoms with Crippen LogP contribution >= 0.6 is 0 Å². The first kappa shape index (κ1) is 13.7. The molecule has 0 spiro atoms. The highest BCUT2D eigenvalue weighted by Gasteiger charge is 2.28. The first-order chi connectivity index (χ1) is 10.6. The van der Waals surface area contributed by atoms with Gasteiger partial charge in [-0.05, 0) is 18.2 Å². The molecule has 0 atom stereocenters.